The molecule has 1 unspecified atom stereocenters. The van der Waals surface area contributed by atoms with Crippen LogP contribution >= 0.6 is 45.2 Å². The van der Waals surface area contributed by atoms with Gasteiger partial charge >= 0.3 is 12.1 Å². The summed E-state index contributed by atoms with van der Waals surface area (Å²) in [7, 11) is 0. The largest absolute Gasteiger partial charge is 0.506 e. The van der Waals surface area contributed by atoms with E-state index in [9.17, 15) is 24.6 Å². The molecule has 3 rings (SSSR count). The number of benzene rings is 2. The van der Waals surface area contributed by atoms with Crippen molar-refractivity contribution in [2.75, 3.05) is 23.3 Å². The molecule has 0 saturated carbocycles. The number of carbonyl (C=O) groups is 3. The van der Waals surface area contributed by atoms with Crippen molar-refractivity contribution in [2.24, 2.45) is 0 Å². The van der Waals surface area contributed by atoms with E-state index in [-0.39, 0.29) is 17.2 Å². The van der Waals surface area contributed by atoms with Gasteiger partial charge in [-0.25, -0.2) is 9.59 Å². The van der Waals surface area contributed by atoms with E-state index >= 15 is 0 Å². The number of hydrogen-bond acceptors (Lipinski definition) is 7. The van der Waals surface area contributed by atoms with E-state index in [1.165, 1.54) is 0 Å². The summed E-state index contributed by atoms with van der Waals surface area (Å²) in [5.41, 5.74) is 1.90. The molecule has 2 atom stereocenters. The molecule has 1 aliphatic heterocycles. The summed E-state index contributed by atoms with van der Waals surface area (Å²) in [6, 6.07) is 6.26. The Bertz CT molecular complexity index is 1250. The van der Waals surface area contributed by atoms with Gasteiger partial charge in [0.1, 0.15) is 5.75 Å². The smallest absolute Gasteiger partial charge is 0.409 e. The highest BCUT2D eigenvalue weighted by Crippen LogP contribution is 2.38. The monoisotopic (exact) mass is 764 g/mol. The molecular weight excluding hydrogens is 730 g/mol. The van der Waals surface area contributed by atoms with Gasteiger partial charge in [0.05, 0.1) is 24.4 Å². The van der Waals surface area contributed by atoms with Gasteiger partial charge in [-0.15, -0.1) is 0 Å². The molecule has 0 fully saturated rings. The summed E-state index contributed by atoms with van der Waals surface area (Å²) >= 11 is 4.13. The Kier molecular flexibility index (Phi) is 9.97. The molecule has 39 heavy (non-hydrogen) atoms. The predicted octanol–water partition coefficient (Wildman–Crippen LogP) is 5.13. The van der Waals surface area contributed by atoms with Gasteiger partial charge in [0, 0.05) is 24.3 Å². The first kappa shape index (κ1) is 31.2. The number of esters is 1. The maximum atomic E-state index is 13.7. The SMILES string of the molecule is CCN(CC)C(=O)[C@H](Cc1cc(I)c(O)c(I)c1)NC1OC(=O)c2c(ccc(NC(=O)O)c2C)N1C(C)(C)C. The van der Waals surface area contributed by atoms with Crippen LogP contribution in [0.3, 0.4) is 0 Å². The van der Waals surface area contributed by atoms with Crippen LogP contribution in [0.4, 0.5) is 16.2 Å². The van der Waals surface area contributed by atoms with E-state index in [0.717, 1.165) is 5.56 Å². The maximum Gasteiger partial charge on any atom is 0.409 e. The second kappa shape index (κ2) is 12.5. The molecule has 12 heteroatoms. The van der Waals surface area contributed by atoms with Crippen LogP contribution in [-0.2, 0) is 16.0 Å². The lowest BCUT2D eigenvalue weighted by atomic mass is 9.97. The van der Waals surface area contributed by atoms with Crippen molar-refractivity contribution in [3.63, 3.8) is 0 Å². The van der Waals surface area contributed by atoms with Crippen LogP contribution in [0, 0.1) is 14.1 Å². The third-order valence-electron chi connectivity index (χ3n) is 6.56. The van der Waals surface area contributed by atoms with E-state index in [2.05, 4.69) is 55.8 Å². The lowest BCUT2D eigenvalue weighted by Crippen LogP contribution is -2.63. The molecule has 4 N–H and O–H groups in total. The van der Waals surface area contributed by atoms with Gasteiger partial charge in [-0.2, -0.15) is 0 Å². The third kappa shape index (κ3) is 6.88. The van der Waals surface area contributed by atoms with Gasteiger partial charge in [-0.3, -0.25) is 15.4 Å². The summed E-state index contributed by atoms with van der Waals surface area (Å²) in [6.07, 6.45) is -1.89. The Hall–Kier alpha value is -2.33. The molecule has 0 saturated heterocycles. The van der Waals surface area contributed by atoms with Crippen LogP contribution in [0.2, 0.25) is 0 Å². The van der Waals surface area contributed by atoms with E-state index in [0.29, 0.717) is 43.6 Å². The van der Waals surface area contributed by atoms with Gasteiger partial charge in [0.15, 0.2) is 0 Å². The van der Waals surface area contributed by atoms with Crippen LogP contribution in [0.25, 0.3) is 0 Å². The number of cyclic esters (lactones) is 1. The molecule has 10 nitrogen and oxygen atoms in total. The zero-order valence-electron chi connectivity index (χ0n) is 22.8. The van der Waals surface area contributed by atoms with Crippen molar-refractivity contribution in [3.05, 3.63) is 48.1 Å². The third-order valence-corrected chi connectivity index (χ3v) is 8.20. The molecular formula is C27H34I2N4O6. The molecule has 1 aliphatic rings. The number of fused-ring (bicyclic) bond motifs is 1. The number of rotatable bonds is 8. The number of halogens is 2. The molecule has 0 aromatic heterocycles. The normalized spacial score (nSPS) is 15.8. The molecule has 0 bridgehead atoms. The number of ether oxygens (including phenoxy) is 1. The first-order chi connectivity index (χ1) is 18.2. The van der Waals surface area contributed by atoms with Gasteiger partial charge in [-0.05, 0) is 129 Å². The van der Waals surface area contributed by atoms with Crippen molar-refractivity contribution in [1.82, 2.24) is 10.2 Å². The number of phenols is 1. The first-order valence-corrected chi connectivity index (χ1v) is 14.7. The average molecular weight is 764 g/mol. The fourth-order valence-corrected chi connectivity index (χ4v) is 6.58. The minimum absolute atomic E-state index is 0.133. The van der Waals surface area contributed by atoms with E-state index in [1.807, 2.05) is 51.7 Å². The fourth-order valence-electron chi connectivity index (χ4n) is 4.68. The van der Waals surface area contributed by atoms with Gasteiger partial charge < -0.3 is 24.7 Å². The van der Waals surface area contributed by atoms with Crippen LogP contribution < -0.4 is 15.5 Å². The molecule has 212 valence electrons. The number of aromatic hydroxyl groups is 1. The number of nitrogens with one attached hydrogen (secondary N) is 2. The minimum atomic E-state index is -1.23. The molecule has 0 radical (unpaired) electrons. The van der Waals surface area contributed by atoms with Crippen molar-refractivity contribution in [3.8, 4) is 5.75 Å². The lowest BCUT2D eigenvalue weighted by molar-refractivity contribution is -0.134. The van der Waals surface area contributed by atoms with Crippen molar-refractivity contribution in [1.29, 1.82) is 0 Å². The number of carboxylic acid groups (broad SMARTS) is 1. The van der Waals surface area contributed by atoms with E-state index in [4.69, 9.17) is 4.74 Å². The first-order valence-electron chi connectivity index (χ1n) is 12.5. The fraction of sp³-hybridized carbons (Fsp3) is 0.444. The van der Waals surface area contributed by atoms with Crippen LogP contribution in [0.15, 0.2) is 24.3 Å². The summed E-state index contributed by atoms with van der Waals surface area (Å²) in [4.78, 5) is 41.9. The molecule has 1 heterocycles. The zero-order chi connectivity index (χ0) is 29.2. The van der Waals surface area contributed by atoms with Crippen molar-refractivity contribution < 1.29 is 29.3 Å². The Morgan fingerprint density at radius 2 is 1.74 bits per heavy atom. The highest BCUT2D eigenvalue weighted by molar-refractivity contribution is 14.1. The second-order valence-electron chi connectivity index (χ2n) is 10.2. The van der Waals surface area contributed by atoms with Crippen LogP contribution in [-0.4, -0.2) is 64.1 Å². The number of anilines is 2. The van der Waals surface area contributed by atoms with Crippen LogP contribution in [0.1, 0.15) is 56.1 Å². The molecule has 0 aliphatic carbocycles. The number of nitrogens with zero attached hydrogens (tertiary/aromatic N) is 2. The number of likely N-dealkylation sites (N-methyl/N-ethyl adjacent to an activating group) is 1. The van der Waals surface area contributed by atoms with Crippen molar-refractivity contribution >= 4 is 74.5 Å². The Balaban J connectivity index is 2.07. The Labute approximate surface area is 255 Å². The maximum absolute atomic E-state index is 13.7. The topological polar surface area (TPSA) is 131 Å². The van der Waals surface area contributed by atoms with Crippen molar-refractivity contribution in [2.45, 2.75) is 65.9 Å². The predicted molar refractivity (Wildman–Crippen MR) is 166 cm³/mol. The van der Waals surface area contributed by atoms with Gasteiger partial charge in [-0.1, -0.05) is 0 Å². The highest BCUT2D eigenvalue weighted by atomic mass is 127. The quantitative estimate of drug-likeness (QED) is 0.215. The number of amides is 2. The average Bonchev–Trinajstić information content (AvgIpc) is 2.83. The summed E-state index contributed by atoms with van der Waals surface area (Å²) in [6.45, 7) is 12.4. The summed E-state index contributed by atoms with van der Waals surface area (Å²) in [5.74, 6) is -0.549. The Morgan fingerprint density at radius 3 is 2.26 bits per heavy atom. The van der Waals surface area contributed by atoms with E-state index in [1.54, 1.807) is 24.0 Å². The zero-order valence-corrected chi connectivity index (χ0v) is 27.1. The second-order valence-corrected chi connectivity index (χ2v) is 12.5. The summed E-state index contributed by atoms with van der Waals surface area (Å²) < 4.78 is 7.27. The molecule has 2 aromatic rings. The number of phenolic OH excluding ortho intramolecular Hbond substituents is 1. The van der Waals surface area contributed by atoms with Gasteiger partial charge in [0.25, 0.3) is 0 Å². The number of carbonyl (C=O) groups excluding carboxylic acids is 2. The van der Waals surface area contributed by atoms with E-state index < -0.39 is 30.0 Å². The number of hydrogen-bond donors (Lipinski definition) is 4. The molecule has 0 spiro atoms. The lowest BCUT2D eigenvalue weighted by Gasteiger charge is -2.47. The molecule has 2 aromatic carbocycles. The standard InChI is InChI=1S/C27H34I2N4O6/c1-7-32(8-2)23(35)19(13-15-11-16(28)22(34)17(29)12-15)30-25-33(27(4,5)6)20-10-9-18(31-26(37)38)14(3)21(20)24(36)39-25/h9-12,19,25,30-31,34H,7-8,13H2,1-6H3,(H,37,38)/t19-,25?/m0/s1. The highest BCUT2D eigenvalue weighted by Gasteiger charge is 2.42. The Morgan fingerprint density at radius 1 is 1.15 bits per heavy atom. The van der Waals surface area contributed by atoms with Gasteiger partial charge in [0.2, 0.25) is 12.3 Å². The van der Waals surface area contributed by atoms with Crippen LogP contribution in [0.5, 0.6) is 5.75 Å². The summed E-state index contributed by atoms with van der Waals surface area (Å²) in [5, 5.41) is 25.1. The minimum Gasteiger partial charge on any atom is -0.506 e. The molecule has 2 amide bonds.